The first-order valence-electron chi connectivity index (χ1n) is 6.88. The minimum atomic E-state index is 0.800. The van der Waals surface area contributed by atoms with E-state index in [1.807, 2.05) is 35.1 Å². The highest BCUT2D eigenvalue weighted by Crippen LogP contribution is 2.29. The number of imidazole rings is 1. The molecule has 5 heteroatoms. The molecule has 3 aromatic rings. The Kier molecular flexibility index (Phi) is 2.62. The van der Waals surface area contributed by atoms with Gasteiger partial charge in [-0.1, -0.05) is 0 Å². The van der Waals surface area contributed by atoms with Crippen molar-refractivity contribution in [2.45, 2.75) is 12.8 Å². The molecule has 1 N–H and O–H groups in total. The number of fused-ring (bicyclic) bond motifs is 1. The minimum Gasteiger partial charge on any atom is -0.367 e. The number of hydrogen-bond donors (Lipinski definition) is 1. The van der Waals surface area contributed by atoms with E-state index in [-0.39, 0.29) is 0 Å². The molecule has 0 spiro atoms. The van der Waals surface area contributed by atoms with Crippen LogP contribution in [0, 0.1) is 5.92 Å². The van der Waals surface area contributed by atoms with Gasteiger partial charge in [0.2, 0.25) is 0 Å². The Morgan fingerprint density at radius 1 is 1.30 bits per heavy atom. The molecular formula is C15H15N5. The van der Waals surface area contributed by atoms with Crippen molar-refractivity contribution in [1.29, 1.82) is 0 Å². The zero-order valence-electron chi connectivity index (χ0n) is 11.0. The average molecular weight is 265 g/mol. The number of nitrogens with one attached hydrogen (secondary N) is 1. The summed E-state index contributed by atoms with van der Waals surface area (Å²) >= 11 is 0. The Bertz CT molecular complexity index is 730. The third kappa shape index (κ3) is 2.11. The molecular weight excluding hydrogens is 250 g/mol. The summed E-state index contributed by atoms with van der Waals surface area (Å²) in [6, 6.07) is 3.94. The fourth-order valence-corrected chi connectivity index (χ4v) is 2.27. The molecule has 100 valence electrons. The number of pyridine rings is 1. The summed E-state index contributed by atoms with van der Waals surface area (Å²) in [6.07, 6.45) is 12.0. The van der Waals surface area contributed by atoms with Crippen molar-refractivity contribution in [3.05, 3.63) is 43.1 Å². The van der Waals surface area contributed by atoms with Crippen molar-refractivity contribution in [3.63, 3.8) is 0 Å². The van der Waals surface area contributed by atoms with Gasteiger partial charge in [-0.05, 0) is 30.9 Å². The van der Waals surface area contributed by atoms with Crippen molar-refractivity contribution >= 4 is 11.5 Å². The highest BCUT2D eigenvalue weighted by Gasteiger charge is 2.21. The van der Waals surface area contributed by atoms with Gasteiger partial charge in [0.1, 0.15) is 0 Å². The van der Waals surface area contributed by atoms with Gasteiger partial charge in [0.15, 0.2) is 11.5 Å². The largest absolute Gasteiger partial charge is 0.367 e. The lowest BCUT2D eigenvalue weighted by atomic mass is 10.2. The van der Waals surface area contributed by atoms with E-state index in [0.29, 0.717) is 0 Å². The van der Waals surface area contributed by atoms with Crippen molar-refractivity contribution in [3.8, 4) is 11.3 Å². The van der Waals surface area contributed by atoms with Gasteiger partial charge in [-0.3, -0.25) is 4.98 Å². The first-order valence-corrected chi connectivity index (χ1v) is 6.88. The molecule has 1 aliphatic rings. The molecule has 0 aliphatic heterocycles. The van der Waals surface area contributed by atoms with Crippen LogP contribution in [0.15, 0.2) is 43.1 Å². The molecule has 0 aromatic carbocycles. The Labute approximate surface area is 116 Å². The van der Waals surface area contributed by atoms with E-state index in [0.717, 1.165) is 35.2 Å². The quantitative estimate of drug-likeness (QED) is 0.788. The summed E-state index contributed by atoms with van der Waals surface area (Å²) in [5.41, 5.74) is 2.79. The van der Waals surface area contributed by atoms with E-state index < -0.39 is 0 Å². The second kappa shape index (κ2) is 4.59. The van der Waals surface area contributed by atoms with Crippen molar-refractivity contribution in [2.75, 3.05) is 11.9 Å². The summed E-state index contributed by atoms with van der Waals surface area (Å²) in [5.74, 6) is 1.65. The Morgan fingerprint density at radius 3 is 3.05 bits per heavy atom. The second-order valence-electron chi connectivity index (χ2n) is 5.20. The van der Waals surface area contributed by atoms with Crippen LogP contribution in [-0.4, -0.2) is 25.9 Å². The molecule has 1 aliphatic carbocycles. The maximum absolute atomic E-state index is 4.71. The molecule has 3 heterocycles. The summed E-state index contributed by atoms with van der Waals surface area (Å²) in [7, 11) is 0. The van der Waals surface area contributed by atoms with E-state index in [1.54, 1.807) is 12.4 Å². The molecule has 3 aromatic heterocycles. The highest BCUT2D eigenvalue weighted by molar-refractivity contribution is 5.68. The number of hydrogen-bond acceptors (Lipinski definition) is 4. The lowest BCUT2D eigenvalue weighted by Crippen LogP contribution is -2.07. The van der Waals surface area contributed by atoms with Gasteiger partial charge >= 0.3 is 0 Å². The van der Waals surface area contributed by atoms with Crippen LogP contribution in [0.4, 0.5) is 5.82 Å². The topological polar surface area (TPSA) is 55.1 Å². The first kappa shape index (κ1) is 11.4. The van der Waals surface area contributed by atoms with E-state index >= 15 is 0 Å². The fraction of sp³-hybridized carbons (Fsp3) is 0.267. The highest BCUT2D eigenvalue weighted by atomic mass is 15.1. The molecule has 0 unspecified atom stereocenters. The third-order valence-electron chi connectivity index (χ3n) is 3.59. The fourth-order valence-electron chi connectivity index (χ4n) is 2.27. The zero-order chi connectivity index (χ0) is 13.4. The molecule has 20 heavy (non-hydrogen) atoms. The standard InChI is InChI=1S/C15H15N5/c1-2-12(9-16-5-1)13-10-20-7-6-17-15(20)14(19-13)18-8-11-3-4-11/h1-2,5-7,9-11H,3-4,8H2,(H,18,19). The van der Waals surface area contributed by atoms with Crippen LogP contribution in [0.2, 0.25) is 0 Å². The maximum atomic E-state index is 4.71. The summed E-state index contributed by atoms with van der Waals surface area (Å²) < 4.78 is 2.00. The monoisotopic (exact) mass is 265 g/mol. The molecule has 4 rings (SSSR count). The average Bonchev–Trinajstić information content (AvgIpc) is 3.21. The van der Waals surface area contributed by atoms with E-state index in [4.69, 9.17) is 4.98 Å². The lowest BCUT2D eigenvalue weighted by molar-refractivity contribution is 0.882. The minimum absolute atomic E-state index is 0.800. The van der Waals surface area contributed by atoms with Crippen LogP contribution in [0.3, 0.4) is 0 Å². The number of nitrogens with zero attached hydrogens (tertiary/aromatic N) is 4. The van der Waals surface area contributed by atoms with Gasteiger partial charge in [-0.25, -0.2) is 9.97 Å². The van der Waals surface area contributed by atoms with E-state index in [2.05, 4.69) is 15.3 Å². The first-order chi connectivity index (χ1) is 9.90. The van der Waals surface area contributed by atoms with Crippen molar-refractivity contribution < 1.29 is 0 Å². The predicted molar refractivity (Wildman–Crippen MR) is 77.4 cm³/mol. The number of anilines is 1. The molecule has 0 saturated heterocycles. The normalized spacial score (nSPS) is 14.6. The van der Waals surface area contributed by atoms with Crippen LogP contribution >= 0.6 is 0 Å². The van der Waals surface area contributed by atoms with E-state index in [9.17, 15) is 0 Å². The number of aromatic nitrogens is 4. The molecule has 5 nitrogen and oxygen atoms in total. The van der Waals surface area contributed by atoms with Crippen LogP contribution < -0.4 is 5.32 Å². The van der Waals surface area contributed by atoms with Crippen LogP contribution in [0.5, 0.6) is 0 Å². The molecule has 0 atom stereocenters. The Balaban J connectivity index is 1.77. The van der Waals surface area contributed by atoms with Gasteiger partial charge in [0.05, 0.1) is 5.69 Å². The predicted octanol–water partition coefficient (Wildman–Crippen LogP) is 2.61. The Hall–Kier alpha value is -2.43. The SMILES string of the molecule is c1cncc(-c2cn3ccnc3c(NCC3CC3)n2)c1. The number of rotatable bonds is 4. The summed E-state index contributed by atoms with van der Waals surface area (Å²) in [4.78, 5) is 13.2. The molecule has 0 bridgehead atoms. The smallest absolute Gasteiger partial charge is 0.180 e. The summed E-state index contributed by atoms with van der Waals surface area (Å²) in [5, 5.41) is 3.43. The zero-order valence-corrected chi connectivity index (χ0v) is 11.0. The molecule has 1 saturated carbocycles. The Morgan fingerprint density at radius 2 is 2.25 bits per heavy atom. The van der Waals surface area contributed by atoms with Crippen molar-refractivity contribution in [1.82, 2.24) is 19.4 Å². The van der Waals surface area contributed by atoms with Crippen molar-refractivity contribution in [2.24, 2.45) is 5.92 Å². The van der Waals surface area contributed by atoms with Crippen LogP contribution in [-0.2, 0) is 0 Å². The van der Waals surface area contributed by atoms with Gasteiger partial charge in [-0.2, -0.15) is 0 Å². The van der Waals surface area contributed by atoms with E-state index in [1.165, 1.54) is 12.8 Å². The summed E-state index contributed by atoms with van der Waals surface area (Å²) in [6.45, 7) is 0.978. The second-order valence-corrected chi connectivity index (χ2v) is 5.20. The molecule has 0 amide bonds. The molecule has 1 fully saturated rings. The van der Waals surface area contributed by atoms with Gasteiger partial charge in [0.25, 0.3) is 0 Å². The maximum Gasteiger partial charge on any atom is 0.180 e. The lowest BCUT2D eigenvalue weighted by Gasteiger charge is -2.09. The third-order valence-corrected chi connectivity index (χ3v) is 3.59. The van der Waals surface area contributed by atoms with Gasteiger partial charge in [0, 0.05) is 43.1 Å². The molecule has 0 radical (unpaired) electrons. The van der Waals surface area contributed by atoms with Crippen LogP contribution in [0.25, 0.3) is 16.9 Å². The van der Waals surface area contributed by atoms with Gasteiger partial charge in [-0.15, -0.1) is 0 Å². The van der Waals surface area contributed by atoms with Crippen LogP contribution in [0.1, 0.15) is 12.8 Å². The van der Waals surface area contributed by atoms with Gasteiger partial charge < -0.3 is 9.72 Å².